The normalized spacial score (nSPS) is 14.4. The monoisotopic (exact) mass is 285 g/mol. The average molecular weight is 285 g/mol. The van der Waals surface area contributed by atoms with Gasteiger partial charge in [-0.15, -0.1) is 0 Å². The van der Waals surface area contributed by atoms with E-state index in [0.717, 1.165) is 23.8 Å². The van der Waals surface area contributed by atoms with Crippen LogP contribution in [0.1, 0.15) is 41.1 Å². The molecule has 0 aliphatic heterocycles. The molecular formula is C18H23NO2. The summed E-state index contributed by atoms with van der Waals surface area (Å²) in [4.78, 5) is 0. The van der Waals surface area contributed by atoms with Gasteiger partial charge in [0.2, 0.25) is 0 Å². The van der Waals surface area contributed by atoms with Gasteiger partial charge >= 0.3 is 0 Å². The highest BCUT2D eigenvalue weighted by atomic mass is 16.5. The van der Waals surface area contributed by atoms with Gasteiger partial charge in [-0.2, -0.15) is 0 Å². The Labute approximate surface area is 126 Å². The Balaban J connectivity index is 1.62. The van der Waals surface area contributed by atoms with Crippen LogP contribution < -0.4 is 10.1 Å². The van der Waals surface area contributed by atoms with E-state index < -0.39 is 0 Å². The number of hydrogen-bond acceptors (Lipinski definition) is 3. The first-order valence-corrected chi connectivity index (χ1v) is 7.64. The van der Waals surface area contributed by atoms with Crippen molar-refractivity contribution in [2.75, 3.05) is 0 Å². The van der Waals surface area contributed by atoms with Gasteiger partial charge in [0.1, 0.15) is 23.9 Å². The summed E-state index contributed by atoms with van der Waals surface area (Å²) in [5.74, 6) is 2.85. The van der Waals surface area contributed by atoms with Gasteiger partial charge in [0.25, 0.3) is 0 Å². The fraction of sp³-hybridized carbons (Fsp3) is 0.444. The minimum absolute atomic E-state index is 0.481. The lowest BCUT2D eigenvalue weighted by Crippen LogP contribution is -2.15. The van der Waals surface area contributed by atoms with Crippen LogP contribution in [-0.2, 0) is 13.2 Å². The number of hydrogen-bond donors (Lipinski definition) is 1. The first kappa shape index (κ1) is 14.2. The molecule has 3 heteroatoms. The second-order valence-corrected chi connectivity index (χ2v) is 5.96. The van der Waals surface area contributed by atoms with Gasteiger partial charge in [-0.3, -0.25) is 0 Å². The van der Waals surface area contributed by atoms with E-state index in [2.05, 4.69) is 38.2 Å². The smallest absolute Gasteiger partial charge is 0.146 e. The highest BCUT2D eigenvalue weighted by molar-refractivity contribution is 5.38. The molecule has 0 bridgehead atoms. The molecule has 0 unspecified atom stereocenters. The second kappa shape index (κ2) is 5.94. The van der Waals surface area contributed by atoms with Gasteiger partial charge in [-0.1, -0.05) is 12.1 Å². The molecule has 0 spiro atoms. The molecule has 1 aromatic heterocycles. The van der Waals surface area contributed by atoms with E-state index in [0.29, 0.717) is 12.6 Å². The zero-order valence-electron chi connectivity index (χ0n) is 13.0. The highest BCUT2D eigenvalue weighted by Gasteiger charge is 2.21. The molecule has 0 radical (unpaired) electrons. The first-order valence-electron chi connectivity index (χ1n) is 7.64. The number of benzene rings is 1. The van der Waals surface area contributed by atoms with Crippen LogP contribution in [0.15, 0.2) is 28.7 Å². The predicted octanol–water partition coefficient (Wildman–Crippen LogP) is 4.04. The Morgan fingerprint density at radius 2 is 2.00 bits per heavy atom. The Bertz CT molecular complexity index is 626. The zero-order valence-corrected chi connectivity index (χ0v) is 13.0. The number of ether oxygens (including phenoxy) is 1. The van der Waals surface area contributed by atoms with E-state index >= 15 is 0 Å². The molecule has 0 saturated heterocycles. The molecule has 3 rings (SSSR count). The largest absolute Gasteiger partial charge is 0.485 e. The van der Waals surface area contributed by atoms with Crippen LogP contribution in [0.2, 0.25) is 0 Å². The summed E-state index contributed by atoms with van der Waals surface area (Å²) >= 11 is 0. The molecule has 1 aliphatic carbocycles. The van der Waals surface area contributed by atoms with Crippen molar-refractivity contribution in [1.29, 1.82) is 0 Å². The zero-order chi connectivity index (χ0) is 14.8. The van der Waals surface area contributed by atoms with Crippen molar-refractivity contribution < 1.29 is 9.15 Å². The van der Waals surface area contributed by atoms with Crippen LogP contribution in [0.25, 0.3) is 0 Å². The van der Waals surface area contributed by atoms with Gasteiger partial charge in [-0.05, 0) is 62.4 Å². The molecule has 0 amide bonds. The Morgan fingerprint density at radius 1 is 1.19 bits per heavy atom. The molecule has 1 saturated carbocycles. The summed E-state index contributed by atoms with van der Waals surface area (Å²) in [6, 6.07) is 8.91. The van der Waals surface area contributed by atoms with Crippen molar-refractivity contribution in [3.05, 3.63) is 52.5 Å². The SMILES string of the molecule is Cc1cc(COc2cccc(C)c2C)oc1CNC1CC1. The number of rotatable bonds is 6. The molecular weight excluding hydrogens is 262 g/mol. The maximum Gasteiger partial charge on any atom is 0.146 e. The van der Waals surface area contributed by atoms with Crippen molar-refractivity contribution >= 4 is 0 Å². The van der Waals surface area contributed by atoms with Crippen LogP contribution in [-0.4, -0.2) is 6.04 Å². The maximum atomic E-state index is 5.90. The third-order valence-corrected chi connectivity index (χ3v) is 4.13. The summed E-state index contributed by atoms with van der Waals surface area (Å²) in [6.07, 6.45) is 2.59. The highest BCUT2D eigenvalue weighted by Crippen LogP contribution is 2.24. The third-order valence-electron chi connectivity index (χ3n) is 4.13. The standard InChI is InChI=1S/C18H23NO2/c1-12-5-4-6-17(14(12)3)20-11-16-9-13(2)18(21-16)10-19-15-7-8-15/h4-6,9,15,19H,7-8,10-11H2,1-3H3. The summed E-state index contributed by atoms with van der Waals surface area (Å²) in [5.41, 5.74) is 3.64. The Morgan fingerprint density at radius 3 is 2.76 bits per heavy atom. The van der Waals surface area contributed by atoms with Crippen LogP contribution >= 0.6 is 0 Å². The molecule has 0 atom stereocenters. The van der Waals surface area contributed by atoms with Gasteiger partial charge in [0, 0.05) is 6.04 Å². The van der Waals surface area contributed by atoms with Crippen molar-refractivity contribution in [2.45, 2.75) is 52.8 Å². The fourth-order valence-electron chi connectivity index (χ4n) is 2.39. The Kier molecular flexibility index (Phi) is 4.02. The molecule has 2 aromatic rings. The van der Waals surface area contributed by atoms with E-state index in [9.17, 15) is 0 Å². The second-order valence-electron chi connectivity index (χ2n) is 5.96. The van der Waals surface area contributed by atoms with Crippen molar-refractivity contribution in [3.63, 3.8) is 0 Å². The van der Waals surface area contributed by atoms with Gasteiger partial charge in [-0.25, -0.2) is 0 Å². The molecule has 1 heterocycles. The topological polar surface area (TPSA) is 34.4 Å². The van der Waals surface area contributed by atoms with Gasteiger partial charge < -0.3 is 14.5 Å². The quantitative estimate of drug-likeness (QED) is 0.870. The lowest BCUT2D eigenvalue weighted by Gasteiger charge is -2.09. The van der Waals surface area contributed by atoms with Gasteiger partial charge in [0.15, 0.2) is 0 Å². The van der Waals surface area contributed by atoms with E-state index in [1.165, 1.54) is 29.5 Å². The minimum Gasteiger partial charge on any atom is -0.485 e. The minimum atomic E-state index is 0.481. The van der Waals surface area contributed by atoms with Crippen LogP contribution in [0.3, 0.4) is 0 Å². The lowest BCUT2D eigenvalue weighted by molar-refractivity contribution is 0.263. The predicted molar refractivity (Wildman–Crippen MR) is 83.6 cm³/mol. The van der Waals surface area contributed by atoms with E-state index in [4.69, 9.17) is 9.15 Å². The van der Waals surface area contributed by atoms with Crippen molar-refractivity contribution in [1.82, 2.24) is 5.32 Å². The molecule has 1 N–H and O–H groups in total. The summed E-state index contributed by atoms with van der Waals surface area (Å²) < 4.78 is 11.8. The molecule has 1 aliphatic rings. The molecule has 1 aromatic carbocycles. The first-order chi connectivity index (χ1) is 10.1. The van der Waals surface area contributed by atoms with Gasteiger partial charge in [0.05, 0.1) is 6.54 Å². The summed E-state index contributed by atoms with van der Waals surface area (Å²) in [7, 11) is 0. The third kappa shape index (κ3) is 3.48. The summed E-state index contributed by atoms with van der Waals surface area (Å²) in [6.45, 7) is 7.58. The number of nitrogens with one attached hydrogen (secondary N) is 1. The maximum absolute atomic E-state index is 5.90. The lowest BCUT2D eigenvalue weighted by atomic mass is 10.1. The van der Waals surface area contributed by atoms with E-state index in [1.807, 2.05) is 12.1 Å². The van der Waals surface area contributed by atoms with Crippen molar-refractivity contribution in [2.24, 2.45) is 0 Å². The van der Waals surface area contributed by atoms with Crippen LogP contribution in [0.4, 0.5) is 0 Å². The number of furan rings is 1. The van der Waals surface area contributed by atoms with E-state index in [1.54, 1.807) is 0 Å². The van der Waals surface area contributed by atoms with E-state index in [-0.39, 0.29) is 0 Å². The van der Waals surface area contributed by atoms with Crippen molar-refractivity contribution in [3.8, 4) is 5.75 Å². The summed E-state index contributed by atoms with van der Waals surface area (Å²) in [5, 5.41) is 3.48. The molecule has 112 valence electrons. The Hall–Kier alpha value is -1.74. The molecule has 21 heavy (non-hydrogen) atoms. The fourth-order valence-corrected chi connectivity index (χ4v) is 2.39. The average Bonchev–Trinajstić information content (AvgIpc) is 3.22. The molecule has 3 nitrogen and oxygen atoms in total. The van der Waals surface area contributed by atoms with Crippen LogP contribution in [0.5, 0.6) is 5.75 Å². The number of aryl methyl sites for hydroxylation is 2. The van der Waals surface area contributed by atoms with Crippen LogP contribution in [0, 0.1) is 20.8 Å². The molecule has 1 fully saturated rings.